The van der Waals surface area contributed by atoms with Gasteiger partial charge in [0, 0.05) is 16.0 Å². The fraction of sp³-hybridized carbons (Fsp3) is 0.167. The molecular weight excluding hydrogens is 514 g/mol. The maximum absolute atomic E-state index is 13.4. The quantitative estimate of drug-likeness (QED) is 0.204. The Morgan fingerprint density at radius 2 is 1.78 bits per heavy atom. The Bertz CT molecular complexity index is 1640. The number of aromatic nitrogens is 2. The molecule has 5 aromatic rings. The van der Waals surface area contributed by atoms with E-state index in [2.05, 4.69) is 59.1 Å². The van der Waals surface area contributed by atoms with Crippen LogP contribution < -0.4 is 10.3 Å². The molecular formula is C30H26BrN3O2. The second kappa shape index (κ2) is 10.5. The summed E-state index contributed by atoms with van der Waals surface area (Å²) in [5, 5.41) is 7.49. The predicted octanol–water partition coefficient (Wildman–Crippen LogP) is 7.29. The van der Waals surface area contributed by atoms with E-state index in [-0.39, 0.29) is 11.5 Å². The zero-order valence-electron chi connectivity index (χ0n) is 20.2. The molecule has 36 heavy (non-hydrogen) atoms. The number of para-hydroxylation sites is 1. The first kappa shape index (κ1) is 23.9. The van der Waals surface area contributed by atoms with Crippen LogP contribution in [0, 0.1) is 0 Å². The minimum Gasteiger partial charge on any atom is -0.488 e. The number of benzene rings is 4. The standard InChI is InChI=1S/C30H26BrN3O2/c1-3-20(2)29-33-27-16-15-24(31)17-26(27)30(35)34(29)32-18-22-10-5-7-14-28(22)36-19-23-12-8-11-21-9-4-6-13-25(21)23/h4-18,20H,3,19H2,1-2H3/t20-/m1/s1. The number of fused-ring (bicyclic) bond motifs is 2. The van der Waals surface area contributed by atoms with Crippen LogP contribution in [0.4, 0.5) is 0 Å². The van der Waals surface area contributed by atoms with Crippen LogP contribution in [0.25, 0.3) is 21.7 Å². The van der Waals surface area contributed by atoms with Crippen LogP contribution >= 0.6 is 15.9 Å². The third-order valence-corrected chi connectivity index (χ3v) is 6.87. The van der Waals surface area contributed by atoms with E-state index in [1.165, 1.54) is 15.4 Å². The van der Waals surface area contributed by atoms with Gasteiger partial charge >= 0.3 is 0 Å². The van der Waals surface area contributed by atoms with Crippen molar-refractivity contribution in [1.29, 1.82) is 0 Å². The van der Waals surface area contributed by atoms with E-state index in [0.717, 1.165) is 22.0 Å². The second-order valence-corrected chi connectivity index (χ2v) is 9.68. The molecule has 6 heteroatoms. The first-order chi connectivity index (χ1) is 17.5. The van der Waals surface area contributed by atoms with Crippen molar-refractivity contribution in [3.8, 4) is 5.75 Å². The van der Waals surface area contributed by atoms with E-state index in [0.29, 0.717) is 29.1 Å². The molecule has 0 radical (unpaired) electrons. The molecule has 0 N–H and O–H groups in total. The van der Waals surface area contributed by atoms with Crippen molar-refractivity contribution in [3.63, 3.8) is 0 Å². The Hall–Kier alpha value is -3.77. The zero-order valence-corrected chi connectivity index (χ0v) is 21.8. The molecule has 0 spiro atoms. The summed E-state index contributed by atoms with van der Waals surface area (Å²) >= 11 is 3.46. The highest BCUT2D eigenvalue weighted by atomic mass is 79.9. The Balaban J connectivity index is 1.50. The lowest BCUT2D eigenvalue weighted by Gasteiger charge is -2.14. The van der Waals surface area contributed by atoms with Crippen LogP contribution in [0.3, 0.4) is 0 Å². The van der Waals surface area contributed by atoms with Gasteiger partial charge in [-0.2, -0.15) is 9.78 Å². The monoisotopic (exact) mass is 539 g/mol. The van der Waals surface area contributed by atoms with Crippen LogP contribution in [-0.4, -0.2) is 15.9 Å². The molecule has 0 aliphatic carbocycles. The van der Waals surface area contributed by atoms with Crippen molar-refractivity contribution in [3.05, 3.63) is 117 Å². The summed E-state index contributed by atoms with van der Waals surface area (Å²) in [6.07, 6.45) is 2.52. The van der Waals surface area contributed by atoms with Crippen LogP contribution in [0.5, 0.6) is 5.75 Å². The number of rotatable bonds is 7. The van der Waals surface area contributed by atoms with E-state index < -0.39 is 0 Å². The summed E-state index contributed by atoms with van der Waals surface area (Å²) < 4.78 is 8.48. The number of nitrogens with zero attached hydrogens (tertiary/aromatic N) is 3. The molecule has 0 aliphatic rings. The van der Waals surface area contributed by atoms with Crippen LogP contribution in [-0.2, 0) is 6.61 Å². The van der Waals surface area contributed by atoms with Gasteiger partial charge in [0.2, 0.25) is 0 Å². The minimum absolute atomic E-state index is 0.0701. The smallest absolute Gasteiger partial charge is 0.282 e. The average molecular weight is 540 g/mol. The van der Waals surface area contributed by atoms with Crippen molar-refractivity contribution >= 4 is 43.8 Å². The molecule has 4 aromatic carbocycles. The van der Waals surface area contributed by atoms with E-state index in [1.54, 1.807) is 12.3 Å². The van der Waals surface area contributed by atoms with Gasteiger partial charge in [-0.15, -0.1) is 0 Å². The maximum Gasteiger partial charge on any atom is 0.282 e. The van der Waals surface area contributed by atoms with Crippen LogP contribution in [0.2, 0.25) is 0 Å². The summed E-state index contributed by atoms with van der Waals surface area (Å²) in [5.41, 5.74) is 2.37. The summed E-state index contributed by atoms with van der Waals surface area (Å²) in [5.74, 6) is 1.41. The topological polar surface area (TPSA) is 56.5 Å². The van der Waals surface area contributed by atoms with Gasteiger partial charge in [-0.25, -0.2) is 4.98 Å². The largest absolute Gasteiger partial charge is 0.488 e. The molecule has 0 fully saturated rings. The molecule has 0 aliphatic heterocycles. The number of ether oxygens (including phenoxy) is 1. The van der Waals surface area contributed by atoms with Crippen molar-refractivity contribution in [1.82, 2.24) is 9.66 Å². The highest BCUT2D eigenvalue weighted by Gasteiger charge is 2.16. The third-order valence-electron chi connectivity index (χ3n) is 6.38. The van der Waals surface area contributed by atoms with Crippen LogP contribution in [0.1, 0.15) is 43.1 Å². The van der Waals surface area contributed by atoms with E-state index in [1.807, 2.05) is 54.6 Å². The average Bonchev–Trinajstić information content (AvgIpc) is 2.91. The lowest BCUT2D eigenvalue weighted by molar-refractivity contribution is 0.307. The summed E-state index contributed by atoms with van der Waals surface area (Å²) in [4.78, 5) is 18.2. The number of hydrogen-bond donors (Lipinski definition) is 0. The molecule has 0 saturated carbocycles. The van der Waals surface area contributed by atoms with Crippen molar-refractivity contribution in [2.75, 3.05) is 0 Å². The normalized spacial score (nSPS) is 12.4. The maximum atomic E-state index is 13.4. The highest BCUT2D eigenvalue weighted by Crippen LogP contribution is 2.24. The predicted molar refractivity (Wildman–Crippen MR) is 150 cm³/mol. The van der Waals surface area contributed by atoms with Crippen molar-refractivity contribution < 1.29 is 4.74 Å². The Kier molecular flexibility index (Phi) is 6.96. The molecule has 0 bridgehead atoms. The van der Waals surface area contributed by atoms with Gasteiger partial charge in [-0.05, 0) is 53.1 Å². The molecule has 5 nitrogen and oxygen atoms in total. The summed E-state index contributed by atoms with van der Waals surface area (Å²) in [6, 6.07) is 27.8. The molecule has 1 atom stereocenters. The third kappa shape index (κ3) is 4.82. The Morgan fingerprint density at radius 1 is 1.00 bits per heavy atom. The Labute approximate surface area is 218 Å². The zero-order chi connectivity index (χ0) is 25.1. The van der Waals surface area contributed by atoms with Gasteiger partial charge in [-0.3, -0.25) is 4.79 Å². The van der Waals surface area contributed by atoms with E-state index in [9.17, 15) is 4.79 Å². The first-order valence-electron chi connectivity index (χ1n) is 12.0. The minimum atomic E-state index is -0.193. The summed E-state index contributed by atoms with van der Waals surface area (Å²) in [7, 11) is 0. The van der Waals surface area contributed by atoms with Gasteiger partial charge in [0.25, 0.3) is 5.56 Å². The van der Waals surface area contributed by atoms with Gasteiger partial charge < -0.3 is 4.74 Å². The number of halogens is 1. The molecule has 5 rings (SSSR count). The number of hydrogen-bond acceptors (Lipinski definition) is 4. The molecule has 0 amide bonds. The fourth-order valence-electron chi connectivity index (χ4n) is 4.19. The Morgan fingerprint density at radius 3 is 2.64 bits per heavy atom. The first-order valence-corrected chi connectivity index (χ1v) is 12.8. The molecule has 0 unspecified atom stereocenters. The highest BCUT2D eigenvalue weighted by molar-refractivity contribution is 9.10. The molecule has 0 saturated heterocycles. The lowest BCUT2D eigenvalue weighted by atomic mass is 10.1. The van der Waals surface area contributed by atoms with Crippen molar-refractivity contribution in [2.45, 2.75) is 32.8 Å². The SMILES string of the molecule is CC[C@@H](C)c1nc2ccc(Br)cc2c(=O)n1N=Cc1ccccc1OCc1cccc2ccccc12. The van der Waals surface area contributed by atoms with Crippen LogP contribution in [0.15, 0.2) is 99.3 Å². The van der Waals surface area contributed by atoms with Gasteiger partial charge in [-0.1, -0.05) is 84.4 Å². The fourth-order valence-corrected chi connectivity index (χ4v) is 4.55. The summed E-state index contributed by atoms with van der Waals surface area (Å²) in [6.45, 7) is 4.56. The lowest BCUT2D eigenvalue weighted by Crippen LogP contribution is -2.23. The molecule has 1 aromatic heterocycles. The van der Waals surface area contributed by atoms with Gasteiger partial charge in [0.15, 0.2) is 0 Å². The van der Waals surface area contributed by atoms with E-state index in [4.69, 9.17) is 9.72 Å². The second-order valence-electron chi connectivity index (χ2n) is 8.77. The van der Waals surface area contributed by atoms with E-state index >= 15 is 0 Å². The van der Waals surface area contributed by atoms with Gasteiger partial charge in [0.05, 0.1) is 17.1 Å². The molecule has 180 valence electrons. The molecule has 1 heterocycles. The van der Waals surface area contributed by atoms with Crippen molar-refractivity contribution in [2.24, 2.45) is 5.10 Å². The van der Waals surface area contributed by atoms with Gasteiger partial charge in [0.1, 0.15) is 18.2 Å².